The molecule has 2 amide bonds. The Labute approximate surface area is 86.6 Å². The number of rotatable bonds is 1. The number of amides is 2. The highest BCUT2D eigenvalue weighted by atomic mass is 16.2. The van der Waals surface area contributed by atoms with Gasteiger partial charge in [-0.05, 0) is 39.5 Å². The number of carbonyl (C=O) groups excluding carboxylic acids is 1. The Morgan fingerprint density at radius 3 is 2.36 bits per heavy atom. The molecule has 0 aromatic heterocycles. The fourth-order valence-electron chi connectivity index (χ4n) is 1.90. The first kappa shape index (κ1) is 11.3. The molecule has 0 saturated heterocycles. The van der Waals surface area contributed by atoms with Gasteiger partial charge in [0.15, 0.2) is 0 Å². The van der Waals surface area contributed by atoms with E-state index in [1.165, 1.54) is 12.8 Å². The lowest BCUT2D eigenvalue weighted by Crippen LogP contribution is -2.50. The van der Waals surface area contributed by atoms with Gasteiger partial charge >= 0.3 is 6.03 Å². The number of hydrogen-bond acceptors (Lipinski definition) is 1. The SMILES string of the molecule is CC1CCCC1NC(=O)NC(C)(C)C. The number of urea groups is 1. The van der Waals surface area contributed by atoms with E-state index in [1.807, 2.05) is 20.8 Å². The molecular weight excluding hydrogens is 176 g/mol. The molecule has 0 aromatic carbocycles. The van der Waals surface area contributed by atoms with Gasteiger partial charge < -0.3 is 10.6 Å². The summed E-state index contributed by atoms with van der Waals surface area (Å²) in [6, 6.07) is 0.341. The smallest absolute Gasteiger partial charge is 0.315 e. The monoisotopic (exact) mass is 198 g/mol. The maximum Gasteiger partial charge on any atom is 0.315 e. The molecule has 2 unspecified atom stereocenters. The van der Waals surface area contributed by atoms with Crippen molar-refractivity contribution in [3.63, 3.8) is 0 Å². The summed E-state index contributed by atoms with van der Waals surface area (Å²) < 4.78 is 0. The number of nitrogens with one attached hydrogen (secondary N) is 2. The van der Waals surface area contributed by atoms with E-state index in [4.69, 9.17) is 0 Å². The van der Waals surface area contributed by atoms with Gasteiger partial charge in [-0.2, -0.15) is 0 Å². The van der Waals surface area contributed by atoms with Crippen LogP contribution in [0.25, 0.3) is 0 Å². The molecule has 1 rings (SSSR count). The van der Waals surface area contributed by atoms with Crippen molar-refractivity contribution in [1.29, 1.82) is 0 Å². The highest BCUT2D eigenvalue weighted by Crippen LogP contribution is 2.24. The predicted octanol–water partition coefficient (Wildman–Crippen LogP) is 2.27. The molecule has 0 bridgehead atoms. The lowest BCUT2D eigenvalue weighted by Gasteiger charge is -2.24. The first-order chi connectivity index (χ1) is 6.38. The maximum atomic E-state index is 11.5. The normalized spacial score (nSPS) is 27.4. The van der Waals surface area contributed by atoms with Crippen LogP contribution >= 0.6 is 0 Å². The molecule has 0 radical (unpaired) electrons. The zero-order valence-electron chi connectivity index (χ0n) is 9.68. The Kier molecular flexibility index (Phi) is 3.40. The molecule has 1 aliphatic carbocycles. The first-order valence-electron chi connectivity index (χ1n) is 5.47. The average molecular weight is 198 g/mol. The molecule has 0 aliphatic heterocycles. The topological polar surface area (TPSA) is 41.1 Å². The minimum atomic E-state index is -0.147. The summed E-state index contributed by atoms with van der Waals surface area (Å²) in [7, 11) is 0. The predicted molar refractivity (Wildman–Crippen MR) is 58.2 cm³/mol. The summed E-state index contributed by atoms with van der Waals surface area (Å²) in [6.07, 6.45) is 3.60. The summed E-state index contributed by atoms with van der Waals surface area (Å²) in [5.41, 5.74) is -0.147. The molecule has 2 atom stereocenters. The van der Waals surface area contributed by atoms with Crippen LogP contribution in [0.1, 0.15) is 47.0 Å². The maximum absolute atomic E-state index is 11.5. The van der Waals surface area contributed by atoms with Crippen molar-refractivity contribution in [2.75, 3.05) is 0 Å². The molecule has 14 heavy (non-hydrogen) atoms. The van der Waals surface area contributed by atoms with Gasteiger partial charge in [-0.15, -0.1) is 0 Å². The van der Waals surface area contributed by atoms with Crippen LogP contribution in [0.15, 0.2) is 0 Å². The van der Waals surface area contributed by atoms with Crippen molar-refractivity contribution in [2.45, 2.75) is 58.5 Å². The number of carbonyl (C=O) groups is 1. The first-order valence-corrected chi connectivity index (χ1v) is 5.47. The van der Waals surface area contributed by atoms with Gasteiger partial charge in [-0.25, -0.2) is 4.79 Å². The van der Waals surface area contributed by atoms with Crippen molar-refractivity contribution in [3.05, 3.63) is 0 Å². The second kappa shape index (κ2) is 4.20. The van der Waals surface area contributed by atoms with Gasteiger partial charge in [-0.1, -0.05) is 13.3 Å². The second-order valence-electron chi connectivity index (χ2n) is 5.36. The highest BCUT2D eigenvalue weighted by molar-refractivity contribution is 5.75. The van der Waals surface area contributed by atoms with Crippen LogP contribution in [0.4, 0.5) is 4.79 Å². The van der Waals surface area contributed by atoms with E-state index in [2.05, 4.69) is 17.6 Å². The van der Waals surface area contributed by atoms with E-state index >= 15 is 0 Å². The molecule has 0 aromatic rings. The Hall–Kier alpha value is -0.730. The van der Waals surface area contributed by atoms with E-state index in [1.54, 1.807) is 0 Å². The summed E-state index contributed by atoms with van der Waals surface area (Å²) in [6.45, 7) is 8.18. The Bertz CT molecular complexity index is 208. The molecule has 0 heterocycles. The molecule has 3 heteroatoms. The lowest BCUT2D eigenvalue weighted by atomic mass is 10.1. The van der Waals surface area contributed by atoms with E-state index < -0.39 is 0 Å². The standard InChI is InChI=1S/C11H22N2O/c1-8-6-5-7-9(8)12-10(14)13-11(2,3)4/h8-9H,5-7H2,1-4H3,(H2,12,13,14). The minimum Gasteiger partial charge on any atom is -0.335 e. The second-order valence-corrected chi connectivity index (χ2v) is 5.36. The average Bonchev–Trinajstić information content (AvgIpc) is 2.32. The van der Waals surface area contributed by atoms with Crippen molar-refractivity contribution in [1.82, 2.24) is 10.6 Å². The van der Waals surface area contributed by atoms with E-state index in [9.17, 15) is 4.79 Å². The highest BCUT2D eigenvalue weighted by Gasteiger charge is 2.25. The summed E-state index contributed by atoms with van der Waals surface area (Å²) >= 11 is 0. The third-order valence-corrected chi connectivity index (χ3v) is 2.67. The van der Waals surface area contributed by atoms with Crippen LogP contribution in [-0.4, -0.2) is 17.6 Å². The van der Waals surface area contributed by atoms with Crippen molar-refractivity contribution in [3.8, 4) is 0 Å². The summed E-state index contributed by atoms with van der Waals surface area (Å²) in [5.74, 6) is 0.626. The molecule has 1 fully saturated rings. The molecule has 2 N–H and O–H groups in total. The molecule has 1 aliphatic rings. The van der Waals surface area contributed by atoms with Crippen LogP contribution < -0.4 is 10.6 Å². The van der Waals surface area contributed by atoms with Gasteiger partial charge in [-0.3, -0.25) is 0 Å². The third-order valence-electron chi connectivity index (χ3n) is 2.67. The minimum absolute atomic E-state index is 0.0312. The van der Waals surface area contributed by atoms with Gasteiger partial charge in [0.2, 0.25) is 0 Å². The zero-order chi connectivity index (χ0) is 10.8. The third kappa shape index (κ3) is 3.56. The van der Waals surface area contributed by atoms with Crippen molar-refractivity contribution in [2.24, 2.45) is 5.92 Å². The summed E-state index contributed by atoms with van der Waals surface area (Å²) in [4.78, 5) is 11.5. The van der Waals surface area contributed by atoms with Crippen LogP contribution in [0.2, 0.25) is 0 Å². The van der Waals surface area contributed by atoms with Crippen LogP contribution in [0, 0.1) is 5.92 Å². The lowest BCUT2D eigenvalue weighted by molar-refractivity contribution is 0.225. The number of hydrogen-bond donors (Lipinski definition) is 2. The van der Waals surface area contributed by atoms with Gasteiger partial charge in [0.05, 0.1) is 0 Å². The van der Waals surface area contributed by atoms with E-state index in [-0.39, 0.29) is 11.6 Å². The fourth-order valence-corrected chi connectivity index (χ4v) is 1.90. The van der Waals surface area contributed by atoms with Gasteiger partial charge in [0.1, 0.15) is 0 Å². The van der Waals surface area contributed by atoms with Crippen LogP contribution in [-0.2, 0) is 0 Å². The molecule has 0 spiro atoms. The molecule has 1 saturated carbocycles. The van der Waals surface area contributed by atoms with Crippen molar-refractivity contribution < 1.29 is 4.79 Å². The van der Waals surface area contributed by atoms with Crippen LogP contribution in [0.5, 0.6) is 0 Å². The zero-order valence-corrected chi connectivity index (χ0v) is 9.68. The van der Waals surface area contributed by atoms with Gasteiger partial charge in [0, 0.05) is 11.6 Å². The quantitative estimate of drug-likeness (QED) is 0.666. The largest absolute Gasteiger partial charge is 0.335 e. The fraction of sp³-hybridized carbons (Fsp3) is 0.909. The van der Waals surface area contributed by atoms with E-state index in [0.29, 0.717) is 12.0 Å². The Morgan fingerprint density at radius 1 is 1.29 bits per heavy atom. The van der Waals surface area contributed by atoms with Gasteiger partial charge in [0.25, 0.3) is 0 Å². The molecule has 3 nitrogen and oxygen atoms in total. The Balaban J connectivity index is 2.33. The van der Waals surface area contributed by atoms with Crippen LogP contribution in [0.3, 0.4) is 0 Å². The molecular formula is C11H22N2O. The van der Waals surface area contributed by atoms with E-state index in [0.717, 1.165) is 6.42 Å². The van der Waals surface area contributed by atoms with Crippen molar-refractivity contribution >= 4 is 6.03 Å². The summed E-state index contributed by atoms with van der Waals surface area (Å²) in [5, 5.41) is 5.95. The Morgan fingerprint density at radius 2 is 1.93 bits per heavy atom. The molecule has 82 valence electrons.